The summed E-state index contributed by atoms with van der Waals surface area (Å²) in [5, 5.41) is 9.44. The molecule has 8 heteroatoms. The van der Waals surface area contributed by atoms with Gasteiger partial charge in [-0.25, -0.2) is 9.78 Å². The number of aromatic carboxylic acids is 1. The lowest BCUT2D eigenvalue weighted by molar-refractivity contribution is -0.189. The van der Waals surface area contributed by atoms with Crippen molar-refractivity contribution >= 4 is 17.6 Å². The van der Waals surface area contributed by atoms with Crippen LogP contribution in [0.4, 0.5) is 13.2 Å². The minimum atomic E-state index is -4.55. The minimum Gasteiger partial charge on any atom is -0.479 e. The number of benzene rings is 1. The van der Waals surface area contributed by atoms with E-state index in [1.54, 1.807) is 12.1 Å². The molecule has 1 unspecified atom stereocenters. The number of carboxylic acid groups (broad SMARTS) is 1. The second-order valence-corrected chi connectivity index (χ2v) is 5.12. The summed E-state index contributed by atoms with van der Waals surface area (Å²) in [6.07, 6.45) is -5.65. The zero-order chi connectivity index (χ0) is 17.2. The second-order valence-electron chi connectivity index (χ2n) is 4.68. The molecule has 122 valence electrons. The van der Waals surface area contributed by atoms with Crippen molar-refractivity contribution in [2.45, 2.75) is 19.2 Å². The van der Waals surface area contributed by atoms with E-state index in [1.807, 2.05) is 0 Å². The molecule has 1 heterocycles. The Morgan fingerprint density at radius 2 is 1.91 bits per heavy atom. The van der Waals surface area contributed by atoms with E-state index in [4.69, 9.17) is 21.4 Å². The Labute approximate surface area is 134 Å². The van der Waals surface area contributed by atoms with Crippen LogP contribution in [0.15, 0.2) is 36.5 Å². The van der Waals surface area contributed by atoms with Gasteiger partial charge in [0.05, 0.1) is 6.20 Å². The number of carboxylic acids is 1. The van der Waals surface area contributed by atoms with E-state index in [9.17, 15) is 18.0 Å². The van der Waals surface area contributed by atoms with Crippen LogP contribution in [0.5, 0.6) is 5.75 Å². The average molecular weight is 346 g/mol. The highest BCUT2D eigenvalue weighted by Crippen LogP contribution is 2.34. The van der Waals surface area contributed by atoms with Crippen molar-refractivity contribution in [3.8, 4) is 16.9 Å². The molecule has 0 spiro atoms. The highest BCUT2D eigenvalue weighted by molar-refractivity contribution is 6.30. The molecule has 0 bridgehead atoms. The largest absolute Gasteiger partial charge is 0.479 e. The first-order valence-electron chi connectivity index (χ1n) is 6.41. The van der Waals surface area contributed by atoms with Gasteiger partial charge in [0.15, 0.2) is 6.10 Å². The molecule has 0 radical (unpaired) electrons. The average Bonchev–Trinajstić information content (AvgIpc) is 2.47. The Kier molecular flexibility index (Phi) is 4.79. The maximum absolute atomic E-state index is 12.7. The normalized spacial score (nSPS) is 12.7. The van der Waals surface area contributed by atoms with Crippen LogP contribution < -0.4 is 4.74 Å². The Morgan fingerprint density at radius 3 is 2.43 bits per heavy atom. The number of ether oxygens (including phenoxy) is 1. The van der Waals surface area contributed by atoms with Gasteiger partial charge < -0.3 is 9.84 Å². The maximum Gasteiger partial charge on any atom is 0.425 e. The van der Waals surface area contributed by atoms with Crippen molar-refractivity contribution < 1.29 is 27.8 Å². The zero-order valence-electron chi connectivity index (χ0n) is 11.8. The van der Waals surface area contributed by atoms with Crippen LogP contribution in [0.1, 0.15) is 17.4 Å². The number of carbonyl (C=O) groups is 1. The molecule has 1 aromatic heterocycles. The molecule has 0 amide bonds. The van der Waals surface area contributed by atoms with E-state index >= 15 is 0 Å². The lowest BCUT2D eigenvalue weighted by Gasteiger charge is -2.19. The Hall–Kier alpha value is -2.28. The Balaban J connectivity index is 2.49. The van der Waals surface area contributed by atoms with Gasteiger partial charge in [0.2, 0.25) is 0 Å². The third kappa shape index (κ3) is 4.13. The van der Waals surface area contributed by atoms with Gasteiger partial charge in [-0.3, -0.25) is 0 Å². The van der Waals surface area contributed by atoms with Crippen LogP contribution in [0.25, 0.3) is 11.1 Å². The van der Waals surface area contributed by atoms with Gasteiger partial charge in [-0.05, 0) is 30.7 Å². The van der Waals surface area contributed by atoms with Crippen LogP contribution in [-0.4, -0.2) is 28.3 Å². The standard InChI is InChI=1S/C15H11ClF3NO3/c1-8(15(17,18)19)23-13-7-20-12(14(21)22)6-11(13)9-2-4-10(16)5-3-9/h2-8H,1H3,(H,21,22). The van der Waals surface area contributed by atoms with Crippen molar-refractivity contribution in [2.24, 2.45) is 0 Å². The highest BCUT2D eigenvalue weighted by atomic mass is 35.5. The first-order valence-corrected chi connectivity index (χ1v) is 6.79. The van der Waals surface area contributed by atoms with Crippen molar-refractivity contribution in [3.05, 3.63) is 47.2 Å². The fraction of sp³-hybridized carbons (Fsp3) is 0.200. The quantitative estimate of drug-likeness (QED) is 0.890. The van der Waals surface area contributed by atoms with Crippen LogP contribution >= 0.6 is 11.6 Å². The lowest BCUT2D eigenvalue weighted by Crippen LogP contribution is -2.31. The molecule has 23 heavy (non-hydrogen) atoms. The number of nitrogens with zero attached hydrogens (tertiary/aromatic N) is 1. The van der Waals surface area contributed by atoms with Gasteiger partial charge in [0, 0.05) is 10.6 Å². The van der Waals surface area contributed by atoms with Gasteiger partial charge in [0.25, 0.3) is 0 Å². The molecule has 1 N–H and O–H groups in total. The predicted molar refractivity (Wildman–Crippen MR) is 77.8 cm³/mol. The molecule has 1 atom stereocenters. The van der Waals surface area contributed by atoms with E-state index in [0.29, 0.717) is 10.6 Å². The summed E-state index contributed by atoms with van der Waals surface area (Å²) in [6, 6.07) is 7.33. The topological polar surface area (TPSA) is 59.4 Å². The maximum atomic E-state index is 12.7. The van der Waals surface area contributed by atoms with Crippen LogP contribution in [0, 0.1) is 0 Å². The van der Waals surface area contributed by atoms with Gasteiger partial charge in [-0.2, -0.15) is 13.2 Å². The van der Waals surface area contributed by atoms with Crippen LogP contribution in [0.2, 0.25) is 5.02 Å². The highest BCUT2D eigenvalue weighted by Gasteiger charge is 2.38. The number of rotatable bonds is 4. The molecular formula is C15H11ClF3NO3. The van der Waals surface area contributed by atoms with Crippen molar-refractivity contribution in [1.29, 1.82) is 0 Å². The second kappa shape index (κ2) is 6.45. The summed E-state index contributed by atoms with van der Waals surface area (Å²) in [5.41, 5.74) is 0.343. The fourth-order valence-corrected chi connectivity index (χ4v) is 1.89. The summed E-state index contributed by atoms with van der Waals surface area (Å²) >= 11 is 5.78. The molecule has 0 aliphatic heterocycles. The van der Waals surface area contributed by atoms with E-state index in [2.05, 4.69) is 4.98 Å². The number of hydrogen-bond donors (Lipinski definition) is 1. The summed E-state index contributed by atoms with van der Waals surface area (Å²) < 4.78 is 42.9. The molecular weight excluding hydrogens is 335 g/mol. The predicted octanol–water partition coefficient (Wildman–Crippen LogP) is 4.43. The third-order valence-corrected chi connectivity index (χ3v) is 3.26. The Bertz CT molecular complexity index is 717. The van der Waals surface area contributed by atoms with E-state index in [0.717, 1.165) is 19.2 Å². The molecule has 1 aromatic carbocycles. The molecule has 0 saturated carbocycles. The molecule has 0 aliphatic rings. The third-order valence-electron chi connectivity index (χ3n) is 3.01. The summed E-state index contributed by atoms with van der Waals surface area (Å²) in [5.74, 6) is -1.46. The molecule has 0 fully saturated rings. The van der Waals surface area contributed by atoms with E-state index in [1.165, 1.54) is 12.1 Å². The van der Waals surface area contributed by atoms with Gasteiger partial charge in [-0.1, -0.05) is 23.7 Å². The van der Waals surface area contributed by atoms with E-state index < -0.39 is 18.2 Å². The SMILES string of the molecule is CC(Oc1cnc(C(=O)O)cc1-c1ccc(Cl)cc1)C(F)(F)F. The molecule has 2 rings (SSSR count). The van der Waals surface area contributed by atoms with Crippen LogP contribution in [0.3, 0.4) is 0 Å². The number of alkyl halides is 3. The monoisotopic (exact) mass is 345 g/mol. The number of halogens is 4. The first kappa shape index (κ1) is 17.1. The smallest absolute Gasteiger partial charge is 0.425 e. The van der Waals surface area contributed by atoms with Crippen molar-refractivity contribution in [2.75, 3.05) is 0 Å². The van der Waals surface area contributed by atoms with E-state index in [-0.39, 0.29) is 17.0 Å². The molecule has 2 aromatic rings. The lowest BCUT2D eigenvalue weighted by atomic mass is 10.0. The molecule has 0 saturated heterocycles. The number of aromatic nitrogens is 1. The van der Waals surface area contributed by atoms with Gasteiger partial charge in [-0.15, -0.1) is 0 Å². The van der Waals surface area contributed by atoms with Gasteiger partial charge in [0.1, 0.15) is 11.4 Å². The Morgan fingerprint density at radius 1 is 1.30 bits per heavy atom. The minimum absolute atomic E-state index is 0.165. The fourth-order valence-electron chi connectivity index (χ4n) is 1.77. The van der Waals surface area contributed by atoms with Gasteiger partial charge >= 0.3 is 12.1 Å². The van der Waals surface area contributed by atoms with Crippen LogP contribution in [-0.2, 0) is 0 Å². The first-order chi connectivity index (χ1) is 10.7. The summed E-state index contributed by atoms with van der Waals surface area (Å²) in [4.78, 5) is 14.6. The van der Waals surface area contributed by atoms with Crippen molar-refractivity contribution in [1.82, 2.24) is 4.98 Å². The summed E-state index contributed by atoms with van der Waals surface area (Å²) in [6.45, 7) is 0.858. The number of hydrogen-bond acceptors (Lipinski definition) is 3. The number of pyridine rings is 1. The molecule has 0 aliphatic carbocycles. The zero-order valence-corrected chi connectivity index (χ0v) is 12.5. The van der Waals surface area contributed by atoms with Crippen molar-refractivity contribution in [3.63, 3.8) is 0 Å². The summed E-state index contributed by atoms with van der Waals surface area (Å²) in [7, 11) is 0. The molecule has 4 nitrogen and oxygen atoms in total.